The van der Waals surface area contributed by atoms with Crippen LogP contribution in [0.5, 0.6) is 11.5 Å². The molecule has 0 spiro atoms. The standard InChI is InChI=1S/C14H16N4O3S2/c1-2-15-13-17-18-14(23-13)22-8-12(19)16-9-3-4-10-11(7-9)21-6-5-20-10/h3-4,7H,2,5-6,8H2,1H3,(H,15,17)(H,16,19). The average Bonchev–Trinajstić information content (AvgIpc) is 3.01. The Balaban J connectivity index is 1.52. The summed E-state index contributed by atoms with van der Waals surface area (Å²) in [4.78, 5) is 12.0. The van der Waals surface area contributed by atoms with E-state index in [4.69, 9.17) is 9.47 Å². The zero-order valence-corrected chi connectivity index (χ0v) is 14.1. The molecule has 0 bridgehead atoms. The number of thioether (sulfide) groups is 1. The van der Waals surface area contributed by atoms with E-state index in [0.29, 0.717) is 30.4 Å². The van der Waals surface area contributed by atoms with Crippen LogP contribution in [0.25, 0.3) is 0 Å². The van der Waals surface area contributed by atoms with Crippen molar-refractivity contribution < 1.29 is 14.3 Å². The summed E-state index contributed by atoms with van der Waals surface area (Å²) >= 11 is 2.80. The lowest BCUT2D eigenvalue weighted by Crippen LogP contribution is -2.17. The largest absolute Gasteiger partial charge is 0.486 e. The predicted molar refractivity (Wildman–Crippen MR) is 90.9 cm³/mol. The number of fused-ring (bicyclic) bond motifs is 1. The molecule has 1 aromatic carbocycles. The highest BCUT2D eigenvalue weighted by Crippen LogP contribution is 2.32. The molecule has 1 aliphatic rings. The summed E-state index contributed by atoms with van der Waals surface area (Å²) in [5.41, 5.74) is 0.686. The minimum atomic E-state index is -0.105. The van der Waals surface area contributed by atoms with E-state index < -0.39 is 0 Å². The van der Waals surface area contributed by atoms with Crippen molar-refractivity contribution in [2.75, 3.05) is 36.1 Å². The number of aromatic nitrogens is 2. The molecule has 1 aliphatic heterocycles. The normalized spacial score (nSPS) is 12.7. The van der Waals surface area contributed by atoms with E-state index in [-0.39, 0.29) is 11.7 Å². The number of hydrogen-bond acceptors (Lipinski definition) is 8. The van der Waals surface area contributed by atoms with Crippen molar-refractivity contribution in [3.05, 3.63) is 18.2 Å². The Morgan fingerprint density at radius 1 is 1.30 bits per heavy atom. The molecule has 0 saturated heterocycles. The number of hydrogen-bond donors (Lipinski definition) is 2. The molecule has 0 atom stereocenters. The van der Waals surface area contributed by atoms with Crippen LogP contribution in [-0.4, -0.2) is 41.6 Å². The highest BCUT2D eigenvalue weighted by atomic mass is 32.2. The maximum Gasteiger partial charge on any atom is 0.234 e. The van der Waals surface area contributed by atoms with Crippen LogP contribution in [0, 0.1) is 0 Å². The Hall–Kier alpha value is -2.00. The van der Waals surface area contributed by atoms with Gasteiger partial charge in [-0.15, -0.1) is 10.2 Å². The van der Waals surface area contributed by atoms with Gasteiger partial charge >= 0.3 is 0 Å². The first-order valence-corrected chi connectivity index (χ1v) is 8.94. The summed E-state index contributed by atoms with van der Waals surface area (Å²) in [5.74, 6) is 1.52. The molecule has 2 aromatic rings. The van der Waals surface area contributed by atoms with Crippen LogP contribution in [-0.2, 0) is 4.79 Å². The molecule has 3 rings (SSSR count). The van der Waals surface area contributed by atoms with E-state index in [1.54, 1.807) is 18.2 Å². The second kappa shape index (κ2) is 7.51. The fourth-order valence-electron chi connectivity index (χ4n) is 1.94. The van der Waals surface area contributed by atoms with Gasteiger partial charge in [0, 0.05) is 18.3 Å². The molecule has 0 radical (unpaired) electrons. The van der Waals surface area contributed by atoms with Gasteiger partial charge in [-0.2, -0.15) is 0 Å². The number of anilines is 2. The fraction of sp³-hybridized carbons (Fsp3) is 0.357. The lowest BCUT2D eigenvalue weighted by Gasteiger charge is -2.18. The Labute approximate surface area is 141 Å². The first-order valence-electron chi connectivity index (χ1n) is 7.14. The second-order valence-electron chi connectivity index (χ2n) is 4.60. The van der Waals surface area contributed by atoms with Gasteiger partial charge in [0.05, 0.1) is 5.75 Å². The molecular weight excluding hydrogens is 336 g/mol. The highest BCUT2D eigenvalue weighted by Gasteiger charge is 2.13. The van der Waals surface area contributed by atoms with Crippen molar-refractivity contribution in [1.82, 2.24) is 10.2 Å². The number of ether oxygens (including phenoxy) is 2. The highest BCUT2D eigenvalue weighted by molar-refractivity contribution is 8.01. The predicted octanol–water partition coefficient (Wildman–Crippen LogP) is 2.47. The van der Waals surface area contributed by atoms with Gasteiger partial charge in [0.1, 0.15) is 13.2 Å². The summed E-state index contributed by atoms with van der Waals surface area (Å²) in [5, 5.41) is 14.7. The molecular formula is C14H16N4O3S2. The molecule has 0 aliphatic carbocycles. The average molecular weight is 352 g/mol. The van der Waals surface area contributed by atoms with Gasteiger partial charge in [0.2, 0.25) is 11.0 Å². The number of carbonyl (C=O) groups is 1. The van der Waals surface area contributed by atoms with Gasteiger partial charge in [-0.25, -0.2) is 0 Å². The van der Waals surface area contributed by atoms with Gasteiger partial charge < -0.3 is 20.1 Å². The maximum absolute atomic E-state index is 12.0. The van der Waals surface area contributed by atoms with Crippen LogP contribution in [0.3, 0.4) is 0 Å². The second-order valence-corrected chi connectivity index (χ2v) is 6.80. The summed E-state index contributed by atoms with van der Waals surface area (Å²) < 4.78 is 11.7. The van der Waals surface area contributed by atoms with Crippen molar-refractivity contribution in [3.63, 3.8) is 0 Å². The molecule has 0 saturated carbocycles. The lowest BCUT2D eigenvalue weighted by atomic mass is 10.2. The molecule has 2 heterocycles. The number of benzene rings is 1. The summed E-state index contributed by atoms with van der Waals surface area (Å²) in [6.07, 6.45) is 0. The molecule has 7 nitrogen and oxygen atoms in total. The third kappa shape index (κ3) is 4.26. The minimum Gasteiger partial charge on any atom is -0.486 e. The number of amides is 1. The van der Waals surface area contributed by atoms with E-state index in [1.165, 1.54) is 23.1 Å². The van der Waals surface area contributed by atoms with Gasteiger partial charge in [0.15, 0.2) is 15.8 Å². The summed E-state index contributed by atoms with van der Waals surface area (Å²) in [7, 11) is 0. The number of carbonyl (C=O) groups excluding carboxylic acids is 1. The Morgan fingerprint density at radius 2 is 2.13 bits per heavy atom. The van der Waals surface area contributed by atoms with Gasteiger partial charge in [-0.1, -0.05) is 23.1 Å². The van der Waals surface area contributed by atoms with Crippen LogP contribution in [0.2, 0.25) is 0 Å². The zero-order valence-electron chi connectivity index (χ0n) is 12.5. The fourth-order valence-corrected chi connectivity index (χ4v) is 3.56. The van der Waals surface area contributed by atoms with Crippen molar-refractivity contribution in [2.24, 2.45) is 0 Å². The Morgan fingerprint density at radius 3 is 2.96 bits per heavy atom. The van der Waals surface area contributed by atoms with Gasteiger partial charge in [0.25, 0.3) is 0 Å². The molecule has 1 amide bonds. The molecule has 0 fully saturated rings. The molecule has 9 heteroatoms. The lowest BCUT2D eigenvalue weighted by molar-refractivity contribution is -0.113. The summed E-state index contributed by atoms with van der Waals surface area (Å²) in [6.45, 7) is 3.86. The topological polar surface area (TPSA) is 85.4 Å². The molecule has 122 valence electrons. The smallest absolute Gasteiger partial charge is 0.234 e. The van der Waals surface area contributed by atoms with Crippen molar-refractivity contribution in [1.29, 1.82) is 0 Å². The van der Waals surface area contributed by atoms with E-state index in [9.17, 15) is 4.79 Å². The van der Waals surface area contributed by atoms with Crippen LogP contribution in [0.1, 0.15) is 6.92 Å². The van der Waals surface area contributed by atoms with Crippen molar-refractivity contribution in [3.8, 4) is 11.5 Å². The zero-order chi connectivity index (χ0) is 16.1. The van der Waals surface area contributed by atoms with E-state index >= 15 is 0 Å². The molecule has 1 aromatic heterocycles. The van der Waals surface area contributed by atoms with E-state index in [0.717, 1.165) is 16.0 Å². The maximum atomic E-state index is 12.0. The van der Waals surface area contributed by atoms with E-state index in [1.807, 2.05) is 6.92 Å². The van der Waals surface area contributed by atoms with Crippen LogP contribution >= 0.6 is 23.1 Å². The van der Waals surface area contributed by atoms with Crippen LogP contribution in [0.15, 0.2) is 22.5 Å². The van der Waals surface area contributed by atoms with Crippen molar-refractivity contribution >= 4 is 39.8 Å². The number of nitrogens with one attached hydrogen (secondary N) is 2. The number of rotatable bonds is 6. The van der Waals surface area contributed by atoms with Gasteiger partial charge in [-0.3, -0.25) is 4.79 Å². The first kappa shape index (κ1) is 15.9. The van der Waals surface area contributed by atoms with Gasteiger partial charge in [-0.05, 0) is 19.1 Å². The number of nitrogens with zero attached hydrogens (tertiary/aromatic N) is 2. The molecule has 2 N–H and O–H groups in total. The quantitative estimate of drug-likeness (QED) is 0.773. The minimum absolute atomic E-state index is 0.105. The van der Waals surface area contributed by atoms with E-state index in [2.05, 4.69) is 20.8 Å². The van der Waals surface area contributed by atoms with Crippen LogP contribution in [0.4, 0.5) is 10.8 Å². The Bertz CT molecular complexity index is 692. The third-order valence-electron chi connectivity index (χ3n) is 2.89. The molecule has 0 unspecified atom stereocenters. The molecule has 23 heavy (non-hydrogen) atoms. The SMILES string of the molecule is CCNc1nnc(SCC(=O)Nc2ccc3c(c2)OCCO3)s1. The van der Waals surface area contributed by atoms with Crippen LogP contribution < -0.4 is 20.1 Å². The Kier molecular flexibility index (Phi) is 5.19. The monoisotopic (exact) mass is 352 g/mol. The summed E-state index contributed by atoms with van der Waals surface area (Å²) in [6, 6.07) is 5.36. The first-order chi connectivity index (χ1) is 11.2. The van der Waals surface area contributed by atoms with Crippen molar-refractivity contribution in [2.45, 2.75) is 11.3 Å². The third-order valence-corrected chi connectivity index (χ3v) is 4.90.